The van der Waals surface area contributed by atoms with Crippen LogP contribution in [0.1, 0.15) is 5.56 Å². The van der Waals surface area contributed by atoms with Crippen LogP contribution in [0.5, 0.6) is 5.75 Å². The lowest BCUT2D eigenvalue weighted by Crippen LogP contribution is -2.41. The first kappa shape index (κ1) is 13.8. The van der Waals surface area contributed by atoms with Crippen LogP contribution in [0.4, 0.5) is 0 Å². The summed E-state index contributed by atoms with van der Waals surface area (Å²) >= 11 is 0. The van der Waals surface area contributed by atoms with Crippen LogP contribution in [0, 0.1) is 0 Å². The van der Waals surface area contributed by atoms with Crippen molar-refractivity contribution in [1.29, 1.82) is 0 Å². The highest BCUT2D eigenvalue weighted by atomic mass is 16.5. The molecule has 0 aliphatic carbocycles. The van der Waals surface area contributed by atoms with Crippen LogP contribution < -0.4 is 21.0 Å². The molecule has 2 aromatic carbocycles. The quantitative estimate of drug-likeness (QED) is 0.719. The minimum absolute atomic E-state index is 0.0451. The predicted molar refractivity (Wildman–Crippen MR) is 90.4 cm³/mol. The molecule has 0 N–H and O–H groups in total. The third-order valence-electron chi connectivity index (χ3n) is 4.20. The Labute approximate surface area is 133 Å². The molecule has 0 saturated heterocycles. The summed E-state index contributed by atoms with van der Waals surface area (Å²) in [6, 6.07) is 15.6. The van der Waals surface area contributed by atoms with Gasteiger partial charge < -0.3 is 4.74 Å². The number of hydrogen-bond donors (Lipinski definition) is 0. The van der Waals surface area contributed by atoms with E-state index >= 15 is 0 Å². The van der Waals surface area contributed by atoms with Gasteiger partial charge in [0.15, 0.2) is 0 Å². The Hall–Kier alpha value is -2.88. The second-order valence-corrected chi connectivity index (χ2v) is 5.54. The van der Waals surface area contributed by atoms with E-state index in [0.717, 1.165) is 32.8 Å². The average Bonchev–Trinajstić information content (AvgIpc) is 3.09. The van der Waals surface area contributed by atoms with Gasteiger partial charge in [0.25, 0.3) is 5.56 Å². The Morgan fingerprint density at radius 1 is 1.09 bits per heavy atom. The van der Waals surface area contributed by atoms with E-state index in [9.17, 15) is 4.79 Å². The van der Waals surface area contributed by atoms with Crippen molar-refractivity contribution < 1.29 is 4.74 Å². The third-order valence-corrected chi connectivity index (χ3v) is 4.20. The molecule has 0 spiro atoms. The van der Waals surface area contributed by atoms with Crippen molar-refractivity contribution >= 4 is 16.8 Å². The number of pyridine rings is 1. The number of rotatable bonds is 2. The highest BCUT2D eigenvalue weighted by Crippen LogP contribution is 2.12. The molecule has 114 valence electrons. The van der Waals surface area contributed by atoms with E-state index in [-0.39, 0.29) is 5.56 Å². The Bertz CT molecular complexity index is 1060. The smallest absolute Gasteiger partial charge is 0.260 e. The number of methoxy groups -OCH3 is 1. The fourth-order valence-electron chi connectivity index (χ4n) is 3.05. The molecule has 0 saturated carbocycles. The minimum Gasteiger partial charge on any atom is -0.497 e. The van der Waals surface area contributed by atoms with E-state index in [0.29, 0.717) is 13.1 Å². The van der Waals surface area contributed by atoms with Crippen molar-refractivity contribution in [2.45, 2.75) is 6.54 Å². The zero-order valence-electron chi connectivity index (χ0n) is 12.8. The molecule has 4 heteroatoms. The summed E-state index contributed by atoms with van der Waals surface area (Å²) in [5, 5.41) is 2.70. The van der Waals surface area contributed by atoms with Gasteiger partial charge in [-0.15, -0.1) is 0 Å². The van der Waals surface area contributed by atoms with Crippen LogP contribution in [0.3, 0.4) is 0 Å². The first-order valence-electron chi connectivity index (χ1n) is 7.60. The van der Waals surface area contributed by atoms with Crippen LogP contribution in [-0.2, 0) is 6.54 Å². The average molecular weight is 304 g/mol. The van der Waals surface area contributed by atoms with E-state index in [1.165, 1.54) is 0 Å². The van der Waals surface area contributed by atoms with Crippen molar-refractivity contribution in [2.75, 3.05) is 13.7 Å². The van der Waals surface area contributed by atoms with E-state index in [2.05, 4.69) is 11.1 Å². The maximum Gasteiger partial charge on any atom is 0.260 e. The second-order valence-electron chi connectivity index (χ2n) is 5.54. The molecule has 1 aliphatic heterocycles. The van der Waals surface area contributed by atoms with Gasteiger partial charge in [-0.2, -0.15) is 0 Å². The van der Waals surface area contributed by atoms with Crippen molar-refractivity contribution in [3.63, 3.8) is 0 Å². The van der Waals surface area contributed by atoms with Crippen LogP contribution in [0.2, 0.25) is 0 Å². The fourth-order valence-corrected chi connectivity index (χ4v) is 3.05. The Balaban J connectivity index is 2.08. The van der Waals surface area contributed by atoms with Crippen LogP contribution in [0.25, 0.3) is 16.8 Å². The summed E-state index contributed by atoms with van der Waals surface area (Å²) in [4.78, 5) is 17.1. The van der Waals surface area contributed by atoms with E-state index < -0.39 is 0 Å². The topological polar surface area (TPSA) is 43.6 Å². The first-order valence-corrected chi connectivity index (χ1v) is 7.60. The molecule has 0 radical (unpaired) electrons. The Morgan fingerprint density at radius 3 is 2.57 bits per heavy atom. The van der Waals surface area contributed by atoms with Gasteiger partial charge >= 0.3 is 0 Å². The van der Waals surface area contributed by atoms with Crippen LogP contribution in [0.15, 0.2) is 58.3 Å². The first-order chi connectivity index (χ1) is 11.3. The molecular weight excluding hydrogens is 288 g/mol. The van der Waals surface area contributed by atoms with Crippen molar-refractivity contribution in [2.24, 2.45) is 4.99 Å². The van der Waals surface area contributed by atoms with Gasteiger partial charge in [0.05, 0.1) is 13.7 Å². The number of aromatic nitrogens is 1. The highest BCUT2D eigenvalue weighted by Gasteiger charge is 2.12. The molecule has 0 bridgehead atoms. The zero-order chi connectivity index (χ0) is 15.8. The van der Waals surface area contributed by atoms with E-state index in [1.807, 2.05) is 48.5 Å². The van der Waals surface area contributed by atoms with Crippen LogP contribution >= 0.6 is 0 Å². The number of nitrogens with zero attached hydrogens (tertiary/aromatic N) is 2. The summed E-state index contributed by atoms with van der Waals surface area (Å²) in [6.45, 7) is 1.32. The second kappa shape index (κ2) is 5.39. The van der Waals surface area contributed by atoms with Crippen molar-refractivity contribution in [3.05, 3.63) is 75.2 Å². The molecule has 0 fully saturated rings. The predicted octanol–water partition coefficient (Wildman–Crippen LogP) is 1.47. The molecule has 4 nitrogen and oxygen atoms in total. The van der Waals surface area contributed by atoms with Gasteiger partial charge in [0.1, 0.15) is 11.2 Å². The minimum atomic E-state index is 0.0451. The van der Waals surface area contributed by atoms with Crippen molar-refractivity contribution in [3.8, 4) is 5.75 Å². The molecule has 1 aromatic heterocycles. The van der Waals surface area contributed by atoms with Gasteiger partial charge in [-0.3, -0.25) is 14.4 Å². The molecule has 0 atom stereocenters. The highest BCUT2D eigenvalue weighted by molar-refractivity contribution is 5.83. The maximum absolute atomic E-state index is 12.6. The molecule has 0 amide bonds. The molecule has 2 heterocycles. The number of benzene rings is 2. The number of hydrogen-bond acceptors (Lipinski definition) is 3. The Kier molecular flexibility index (Phi) is 3.23. The third kappa shape index (κ3) is 2.23. The Morgan fingerprint density at radius 2 is 1.83 bits per heavy atom. The van der Waals surface area contributed by atoms with Gasteiger partial charge in [-0.25, -0.2) is 0 Å². The number of fused-ring (bicyclic) bond motifs is 2. The lowest BCUT2D eigenvalue weighted by molar-refractivity contribution is 0.415. The molecule has 23 heavy (non-hydrogen) atoms. The molecule has 0 unspecified atom stereocenters. The van der Waals surface area contributed by atoms with Gasteiger partial charge in [0.2, 0.25) is 0 Å². The van der Waals surface area contributed by atoms with E-state index in [1.54, 1.807) is 11.7 Å². The van der Waals surface area contributed by atoms with Gasteiger partial charge in [-0.1, -0.05) is 30.3 Å². The normalized spacial score (nSPS) is 13.9. The largest absolute Gasteiger partial charge is 0.497 e. The lowest BCUT2D eigenvalue weighted by Gasteiger charge is -2.04. The standard InChI is InChI=1S/C19H16N2O2/c1-23-14-8-6-13(7-9-14)12-17-15-4-2-3-5-16(15)19(22)21-11-10-20-18(17)21/h2-9,12H,10-11H2,1H3. The maximum atomic E-state index is 12.6. The summed E-state index contributed by atoms with van der Waals surface area (Å²) in [5.74, 6) is 0.825. The summed E-state index contributed by atoms with van der Waals surface area (Å²) in [5.41, 5.74) is 1.88. The SMILES string of the molecule is COc1ccc(C=c2c3n(c(=O)c4ccccc24)CCN=3)cc1. The van der Waals surface area contributed by atoms with E-state index in [4.69, 9.17) is 4.74 Å². The summed E-state index contributed by atoms with van der Waals surface area (Å²) < 4.78 is 6.98. The fraction of sp³-hybridized carbons (Fsp3) is 0.158. The zero-order valence-corrected chi connectivity index (χ0v) is 12.8. The van der Waals surface area contributed by atoms with Crippen molar-refractivity contribution in [1.82, 2.24) is 4.57 Å². The monoisotopic (exact) mass is 304 g/mol. The molecular formula is C19H16N2O2. The molecule has 4 rings (SSSR count). The molecule has 3 aromatic rings. The summed E-state index contributed by atoms with van der Waals surface area (Å²) in [6.07, 6.45) is 2.09. The van der Waals surface area contributed by atoms with Gasteiger partial charge in [-0.05, 0) is 35.2 Å². The van der Waals surface area contributed by atoms with Gasteiger partial charge in [0, 0.05) is 17.1 Å². The van der Waals surface area contributed by atoms with Crippen LogP contribution in [-0.4, -0.2) is 18.2 Å². The number of ether oxygens (including phenoxy) is 1. The summed E-state index contributed by atoms with van der Waals surface area (Å²) in [7, 11) is 1.65. The lowest BCUT2D eigenvalue weighted by atomic mass is 10.1. The molecule has 1 aliphatic rings.